The van der Waals surface area contributed by atoms with Crippen molar-refractivity contribution in [2.45, 2.75) is 40.3 Å². The summed E-state index contributed by atoms with van der Waals surface area (Å²) in [5, 5.41) is 2.87. The SMILES string of the molecule is Cc1cccc(CNC(=O)[C@@H](N)C(C)(C)C)c1. The number of nitrogens with two attached hydrogens (primary N) is 1. The molecule has 3 nitrogen and oxygen atoms in total. The summed E-state index contributed by atoms with van der Waals surface area (Å²) < 4.78 is 0. The van der Waals surface area contributed by atoms with Crippen LogP contribution in [0.25, 0.3) is 0 Å². The van der Waals surface area contributed by atoms with Crippen LogP contribution in [0.4, 0.5) is 0 Å². The van der Waals surface area contributed by atoms with Crippen LogP contribution in [0.2, 0.25) is 0 Å². The molecule has 0 saturated heterocycles. The van der Waals surface area contributed by atoms with Crippen LogP contribution in [0.3, 0.4) is 0 Å². The molecule has 0 spiro atoms. The van der Waals surface area contributed by atoms with Crippen molar-refractivity contribution < 1.29 is 4.79 Å². The largest absolute Gasteiger partial charge is 0.351 e. The maximum absolute atomic E-state index is 11.8. The first-order chi connectivity index (χ1) is 7.80. The van der Waals surface area contributed by atoms with Gasteiger partial charge in [-0.2, -0.15) is 0 Å². The number of benzene rings is 1. The van der Waals surface area contributed by atoms with Crippen molar-refractivity contribution in [1.29, 1.82) is 0 Å². The first-order valence-electron chi connectivity index (χ1n) is 5.89. The standard InChI is InChI=1S/C14H22N2O/c1-10-6-5-7-11(8-10)9-16-13(17)12(15)14(2,3)4/h5-8,12H,9,15H2,1-4H3,(H,16,17)/t12-/m1/s1. The molecule has 0 radical (unpaired) electrons. The molecule has 0 bridgehead atoms. The van der Waals surface area contributed by atoms with E-state index < -0.39 is 6.04 Å². The van der Waals surface area contributed by atoms with Crippen molar-refractivity contribution in [2.75, 3.05) is 0 Å². The first kappa shape index (κ1) is 13.7. The minimum absolute atomic E-state index is 0.0981. The molecular formula is C14H22N2O. The second-order valence-electron chi connectivity index (χ2n) is 5.55. The molecule has 0 aliphatic heterocycles. The van der Waals surface area contributed by atoms with Gasteiger partial charge in [-0.1, -0.05) is 50.6 Å². The average molecular weight is 234 g/mol. The van der Waals surface area contributed by atoms with Gasteiger partial charge in [0.15, 0.2) is 0 Å². The lowest BCUT2D eigenvalue weighted by atomic mass is 9.87. The number of nitrogens with one attached hydrogen (secondary N) is 1. The van der Waals surface area contributed by atoms with Crippen LogP contribution >= 0.6 is 0 Å². The monoisotopic (exact) mass is 234 g/mol. The molecule has 17 heavy (non-hydrogen) atoms. The van der Waals surface area contributed by atoms with Gasteiger partial charge in [0, 0.05) is 6.54 Å². The van der Waals surface area contributed by atoms with E-state index in [0.717, 1.165) is 5.56 Å². The molecule has 94 valence electrons. The maximum atomic E-state index is 11.8. The van der Waals surface area contributed by atoms with E-state index in [-0.39, 0.29) is 11.3 Å². The molecule has 0 unspecified atom stereocenters. The molecule has 1 atom stereocenters. The highest BCUT2D eigenvalue weighted by atomic mass is 16.2. The molecule has 0 aliphatic rings. The maximum Gasteiger partial charge on any atom is 0.237 e. The Morgan fingerprint density at radius 3 is 2.59 bits per heavy atom. The molecule has 0 heterocycles. The number of hydrogen-bond acceptors (Lipinski definition) is 2. The van der Waals surface area contributed by atoms with E-state index in [1.54, 1.807) is 0 Å². The Balaban J connectivity index is 2.54. The van der Waals surface area contributed by atoms with Crippen molar-refractivity contribution >= 4 is 5.91 Å². The molecule has 3 heteroatoms. The van der Waals surface area contributed by atoms with Crippen molar-refractivity contribution in [3.8, 4) is 0 Å². The second kappa shape index (κ2) is 5.32. The Labute approximate surface area is 103 Å². The highest BCUT2D eigenvalue weighted by Crippen LogP contribution is 2.17. The lowest BCUT2D eigenvalue weighted by molar-refractivity contribution is -0.124. The van der Waals surface area contributed by atoms with Gasteiger partial charge in [0.2, 0.25) is 5.91 Å². The van der Waals surface area contributed by atoms with Crippen LogP contribution in [0, 0.1) is 12.3 Å². The third-order valence-electron chi connectivity index (χ3n) is 2.76. The van der Waals surface area contributed by atoms with Crippen molar-refractivity contribution in [3.63, 3.8) is 0 Å². The molecule has 3 N–H and O–H groups in total. The zero-order valence-electron chi connectivity index (χ0n) is 11.1. The second-order valence-corrected chi connectivity index (χ2v) is 5.55. The first-order valence-corrected chi connectivity index (χ1v) is 5.89. The van der Waals surface area contributed by atoms with Gasteiger partial charge in [0.25, 0.3) is 0 Å². The summed E-state index contributed by atoms with van der Waals surface area (Å²) in [4.78, 5) is 11.8. The van der Waals surface area contributed by atoms with E-state index in [1.165, 1.54) is 5.56 Å². The molecule has 0 fully saturated rings. The van der Waals surface area contributed by atoms with Crippen LogP contribution in [-0.2, 0) is 11.3 Å². The molecule has 1 amide bonds. The number of carbonyl (C=O) groups excluding carboxylic acids is 1. The van der Waals surface area contributed by atoms with Gasteiger partial charge in [-0.15, -0.1) is 0 Å². The number of rotatable bonds is 3. The molecule has 1 aromatic rings. The smallest absolute Gasteiger partial charge is 0.237 e. The fourth-order valence-corrected chi connectivity index (χ4v) is 1.51. The number of hydrogen-bond donors (Lipinski definition) is 2. The van der Waals surface area contributed by atoms with Crippen LogP contribution in [0.5, 0.6) is 0 Å². The Bertz CT molecular complexity index is 393. The molecular weight excluding hydrogens is 212 g/mol. The van der Waals surface area contributed by atoms with E-state index in [2.05, 4.69) is 11.4 Å². The Kier molecular flexibility index (Phi) is 4.29. The van der Waals surface area contributed by atoms with Crippen LogP contribution in [-0.4, -0.2) is 11.9 Å². The lowest BCUT2D eigenvalue weighted by Gasteiger charge is -2.25. The topological polar surface area (TPSA) is 55.1 Å². The predicted molar refractivity (Wildman–Crippen MR) is 70.5 cm³/mol. The highest BCUT2D eigenvalue weighted by Gasteiger charge is 2.26. The van der Waals surface area contributed by atoms with Gasteiger partial charge >= 0.3 is 0 Å². The Hall–Kier alpha value is -1.35. The number of amides is 1. The third-order valence-corrected chi connectivity index (χ3v) is 2.76. The van der Waals surface area contributed by atoms with Gasteiger partial charge in [-0.3, -0.25) is 4.79 Å². The summed E-state index contributed by atoms with van der Waals surface area (Å²) in [6.07, 6.45) is 0. The van der Waals surface area contributed by atoms with Crippen LogP contribution < -0.4 is 11.1 Å². The van der Waals surface area contributed by atoms with Gasteiger partial charge < -0.3 is 11.1 Å². The van der Waals surface area contributed by atoms with E-state index in [0.29, 0.717) is 6.54 Å². The van der Waals surface area contributed by atoms with Crippen LogP contribution in [0.15, 0.2) is 24.3 Å². The zero-order valence-corrected chi connectivity index (χ0v) is 11.1. The summed E-state index contributed by atoms with van der Waals surface area (Å²) in [5.74, 6) is -0.0981. The highest BCUT2D eigenvalue weighted by molar-refractivity contribution is 5.82. The summed E-state index contributed by atoms with van der Waals surface area (Å²) in [7, 11) is 0. The molecule has 0 aromatic heterocycles. The van der Waals surface area contributed by atoms with Crippen molar-refractivity contribution in [3.05, 3.63) is 35.4 Å². The molecule has 0 aliphatic carbocycles. The predicted octanol–water partition coefficient (Wildman–Crippen LogP) is 1.98. The quantitative estimate of drug-likeness (QED) is 0.840. The van der Waals surface area contributed by atoms with Crippen LogP contribution in [0.1, 0.15) is 31.9 Å². The summed E-state index contributed by atoms with van der Waals surface area (Å²) >= 11 is 0. The molecule has 1 aromatic carbocycles. The fraction of sp³-hybridized carbons (Fsp3) is 0.500. The van der Waals surface area contributed by atoms with Gasteiger partial charge in [0.05, 0.1) is 6.04 Å². The van der Waals surface area contributed by atoms with Gasteiger partial charge in [-0.05, 0) is 17.9 Å². The summed E-state index contributed by atoms with van der Waals surface area (Å²) in [6.45, 7) is 8.45. The lowest BCUT2D eigenvalue weighted by Crippen LogP contribution is -2.48. The van der Waals surface area contributed by atoms with E-state index in [4.69, 9.17) is 5.73 Å². The minimum Gasteiger partial charge on any atom is -0.351 e. The van der Waals surface area contributed by atoms with Gasteiger partial charge in [0.1, 0.15) is 0 Å². The third kappa shape index (κ3) is 4.19. The molecule has 1 rings (SSSR count). The van der Waals surface area contributed by atoms with Crippen molar-refractivity contribution in [2.24, 2.45) is 11.1 Å². The zero-order chi connectivity index (χ0) is 13.1. The van der Waals surface area contributed by atoms with E-state index >= 15 is 0 Å². The Morgan fingerprint density at radius 2 is 2.06 bits per heavy atom. The summed E-state index contributed by atoms with van der Waals surface area (Å²) in [5.41, 5.74) is 7.95. The normalized spacial score (nSPS) is 13.2. The summed E-state index contributed by atoms with van der Waals surface area (Å²) in [6, 6.07) is 7.60. The van der Waals surface area contributed by atoms with E-state index in [1.807, 2.05) is 45.9 Å². The average Bonchev–Trinajstić information content (AvgIpc) is 2.23. The number of carbonyl (C=O) groups is 1. The molecule has 0 saturated carbocycles. The van der Waals surface area contributed by atoms with E-state index in [9.17, 15) is 4.79 Å². The van der Waals surface area contributed by atoms with Gasteiger partial charge in [-0.25, -0.2) is 0 Å². The fourth-order valence-electron chi connectivity index (χ4n) is 1.51. The van der Waals surface area contributed by atoms with Crippen molar-refractivity contribution in [1.82, 2.24) is 5.32 Å². The number of aryl methyl sites for hydroxylation is 1. The minimum atomic E-state index is -0.479. The Morgan fingerprint density at radius 1 is 1.41 bits per heavy atom.